The molecule has 1 aromatic carbocycles. The molecular formula is C20H31FN6S. The Morgan fingerprint density at radius 3 is 2.50 bits per heavy atom. The molecule has 0 saturated carbocycles. The summed E-state index contributed by atoms with van der Waals surface area (Å²) in [7, 11) is 3.96. The summed E-state index contributed by atoms with van der Waals surface area (Å²) in [5, 5.41) is 9.51. The zero-order valence-corrected chi connectivity index (χ0v) is 18.2. The quantitative estimate of drug-likeness (QED) is 0.493. The van der Waals surface area contributed by atoms with Gasteiger partial charge < -0.3 is 20.4 Å². The molecule has 0 spiro atoms. The second kappa shape index (κ2) is 10.8. The van der Waals surface area contributed by atoms with Crippen molar-refractivity contribution in [2.75, 3.05) is 43.5 Å². The van der Waals surface area contributed by atoms with Crippen LogP contribution in [0, 0.1) is 5.82 Å². The highest BCUT2D eigenvalue weighted by atomic mass is 32.1. The van der Waals surface area contributed by atoms with Crippen LogP contribution in [0.1, 0.15) is 32.0 Å². The Morgan fingerprint density at radius 1 is 1.18 bits per heavy atom. The first-order valence-corrected chi connectivity index (χ1v) is 10.5. The van der Waals surface area contributed by atoms with E-state index in [-0.39, 0.29) is 5.82 Å². The van der Waals surface area contributed by atoms with Gasteiger partial charge >= 0.3 is 0 Å². The maximum Gasteiger partial charge on any atom is 0.191 e. The number of benzene rings is 1. The number of guanidine groups is 1. The molecule has 28 heavy (non-hydrogen) atoms. The number of aliphatic imine (C=N–C) groups is 1. The van der Waals surface area contributed by atoms with E-state index < -0.39 is 0 Å². The largest absolute Gasteiger partial charge is 0.370 e. The number of hydrogen-bond acceptors (Lipinski definition) is 5. The van der Waals surface area contributed by atoms with Crippen LogP contribution in [0.3, 0.4) is 0 Å². The molecular weight excluding hydrogens is 375 g/mol. The third-order valence-corrected chi connectivity index (χ3v) is 5.30. The molecule has 2 aromatic rings. The molecule has 0 aliphatic rings. The van der Waals surface area contributed by atoms with Crippen molar-refractivity contribution in [2.45, 2.75) is 33.9 Å². The number of halogens is 1. The smallest absolute Gasteiger partial charge is 0.191 e. The van der Waals surface area contributed by atoms with Crippen molar-refractivity contribution in [3.05, 3.63) is 40.7 Å². The lowest BCUT2D eigenvalue weighted by atomic mass is 10.2. The summed E-state index contributed by atoms with van der Waals surface area (Å²) >= 11 is 1.61. The summed E-state index contributed by atoms with van der Waals surface area (Å²) in [5.41, 5.74) is 2.45. The number of rotatable bonds is 9. The summed E-state index contributed by atoms with van der Waals surface area (Å²) in [6.45, 7) is 9.38. The zero-order chi connectivity index (χ0) is 20.5. The second-order valence-electron chi connectivity index (χ2n) is 6.52. The molecule has 1 aromatic heterocycles. The van der Waals surface area contributed by atoms with Crippen molar-refractivity contribution < 1.29 is 4.39 Å². The van der Waals surface area contributed by atoms with Gasteiger partial charge in [-0.3, -0.25) is 0 Å². The SMILES string of the molecule is CCNC(=NCc1ccc(N(CC)CC)c(F)c1)NCc1csc(N(C)C)n1. The van der Waals surface area contributed by atoms with Crippen LogP contribution in [-0.4, -0.2) is 44.7 Å². The standard InChI is InChI=1S/C20H31FN6S/c1-6-22-19(24-13-16-14-28-20(25-16)26(4)5)23-12-15-9-10-18(17(21)11-15)27(7-2)8-3/h9-11,14H,6-8,12-13H2,1-5H3,(H2,22,23,24). The molecule has 0 aliphatic carbocycles. The van der Waals surface area contributed by atoms with E-state index in [2.05, 4.69) is 20.6 Å². The highest BCUT2D eigenvalue weighted by molar-refractivity contribution is 7.13. The Morgan fingerprint density at radius 2 is 1.93 bits per heavy atom. The van der Waals surface area contributed by atoms with Crippen LogP contribution in [0.2, 0.25) is 0 Å². The summed E-state index contributed by atoms with van der Waals surface area (Å²) in [6.07, 6.45) is 0. The third-order valence-electron chi connectivity index (χ3n) is 4.24. The van der Waals surface area contributed by atoms with Crippen LogP contribution < -0.4 is 20.4 Å². The average Bonchev–Trinajstić information content (AvgIpc) is 3.16. The molecule has 0 atom stereocenters. The Bertz CT molecular complexity index is 770. The van der Waals surface area contributed by atoms with Gasteiger partial charge in [-0.1, -0.05) is 6.07 Å². The molecule has 154 valence electrons. The molecule has 0 aliphatic heterocycles. The van der Waals surface area contributed by atoms with Gasteiger partial charge in [0.25, 0.3) is 0 Å². The van der Waals surface area contributed by atoms with Crippen molar-refractivity contribution in [3.63, 3.8) is 0 Å². The van der Waals surface area contributed by atoms with Crippen molar-refractivity contribution in [1.82, 2.24) is 15.6 Å². The van der Waals surface area contributed by atoms with Gasteiger partial charge in [0.2, 0.25) is 0 Å². The predicted molar refractivity (Wildman–Crippen MR) is 118 cm³/mol. The number of nitrogens with one attached hydrogen (secondary N) is 2. The highest BCUT2D eigenvalue weighted by Crippen LogP contribution is 2.21. The van der Waals surface area contributed by atoms with Gasteiger partial charge in [-0.15, -0.1) is 11.3 Å². The molecule has 8 heteroatoms. The Labute approximate surface area is 171 Å². The summed E-state index contributed by atoms with van der Waals surface area (Å²) in [6, 6.07) is 5.35. The minimum atomic E-state index is -0.201. The van der Waals surface area contributed by atoms with E-state index in [1.807, 2.05) is 62.2 Å². The molecule has 0 fully saturated rings. The number of anilines is 2. The Kier molecular flexibility index (Phi) is 8.50. The Balaban J connectivity index is 2.02. The van der Waals surface area contributed by atoms with Crippen molar-refractivity contribution >= 4 is 28.1 Å². The minimum Gasteiger partial charge on any atom is -0.370 e. The molecule has 0 bridgehead atoms. The van der Waals surface area contributed by atoms with Gasteiger partial charge in [0, 0.05) is 39.1 Å². The van der Waals surface area contributed by atoms with E-state index >= 15 is 0 Å². The molecule has 2 rings (SSSR count). The Hall–Kier alpha value is -2.35. The first kappa shape index (κ1) is 21.9. The minimum absolute atomic E-state index is 0.201. The highest BCUT2D eigenvalue weighted by Gasteiger charge is 2.09. The number of thiazole rings is 1. The van der Waals surface area contributed by atoms with Gasteiger partial charge in [-0.05, 0) is 38.5 Å². The monoisotopic (exact) mass is 406 g/mol. The summed E-state index contributed by atoms with van der Waals surface area (Å²) < 4.78 is 14.5. The fourth-order valence-electron chi connectivity index (χ4n) is 2.74. The van der Waals surface area contributed by atoms with Gasteiger partial charge in [-0.25, -0.2) is 14.4 Å². The molecule has 6 nitrogen and oxygen atoms in total. The van der Waals surface area contributed by atoms with Crippen LogP contribution in [0.15, 0.2) is 28.6 Å². The normalized spacial score (nSPS) is 11.4. The van der Waals surface area contributed by atoms with Gasteiger partial charge in [-0.2, -0.15) is 0 Å². The number of hydrogen-bond donors (Lipinski definition) is 2. The van der Waals surface area contributed by atoms with E-state index in [1.165, 1.54) is 0 Å². The first-order chi connectivity index (χ1) is 13.5. The summed E-state index contributed by atoms with van der Waals surface area (Å²) in [4.78, 5) is 13.1. The number of nitrogens with zero attached hydrogens (tertiary/aromatic N) is 4. The van der Waals surface area contributed by atoms with Crippen molar-refractivity contribution in [2.24, 2.45) is 4.99 Å². The van der Waals surface area contributed by atoms with E-state index in [4.69, 9.17) is 0 Å². The molecule has 0 unspecified atom stereocenters. The molecule has 2 N–H and O–H groups in total. The van der Waals surface area contributed by atoms with Crippen molar-refractivity contribution in [1.29, 1.82) is 0 Å². The topological polar surface area (TPSA) is 55.8 Å². The molecule has 0 radical (unpaired) electrons. The number of aromatic nitrogens is 1. The fourth-order valence-corrected chi connectivity index (χ4v) is 3.50. The van der Waals surface area contributed by atoms with Crippen molar-refractivity contribution in [3.8, 4) is 0 Å². The lowest BCUT2D eigenvalue weighted by Gasteiger charge is -2.21. The van der Waals surface area contributed by atoms with Crippen LogP contribution in [0.5, 0.6) is 0 Å². The van der Waals surface area contributed by atoms with E-state index in [0.29, 0.717) is 24.7 Å². The van der Waals surface area contributed by atoms with Gasteiger partial charge in [0.15, 0.2) is 11.1 Å². The lowest BCUT2D eigenvalue weighted by Crippen LogP contribution is -2.36. The zero-order valence-electron chi connectivity index (χ0n) is 17.4. The second-order valence-corrected chi connectivity index (χ2v) is 7.36. The fraction of sp³-hybridized carbons (Fsp3) is 0.500. The van der Waals surface area contributed by atoms with Crippen LogP contribution >= 0.6 is 11.3 Å². The predicted octanol–water partition coefficient (Wildman–Crippen LogP) is 3.45. The molecule has 1 heterocycles. The third kappa shape index (κ3) is 6.09. The average molecular weight is 407 g/mol. The maximum atomic E-state index is 14.5. The van der Waals surface area contributed by atoms with Gasteiger partial charge in [0.05, 0.1) is 24.5 Å². The first-order valence-electron chi connectivity index (χ1n) is 9.65. The molecule has 0 saturated heterocycles. The van der Waals surface area contributed by atoms with Crippen LogP contribution in [-0.2, 0) is 13.1 Å². The van der Waals surface area contributed by atoms with Crippen LogP contribution in [0.4, 0.5) is 15.2 Å². The summed E-state index contributed by atoms with van der Waals surface area (Å²) in [5.74, 6) is 0.489. The van der Waals surface area contributed by atoms with E-state index in [1.54, 1.807) is 17.4 Å². The lowest BCUT2D eigenvalue weighted by molar-refractivity contribution is 0.617. The van der Waals surface area contributed by atoms with E-state index in [0.717, 1.165) is 36.0 Å². The van der Waals surface area contributed by atoms with E-state index in [9.17, 15) is 4.39 Å². The molecule has 0 amide bonds. The maximum absolute atomic E-state index is 14.5. The van der Waals surface area contributed by atoms with Gasteiger partial charge in [0.1, 0.15) is 5.82 Å². The van der Waals surface area contributed by atoms with Crippen LogP contribution in [0.25, 0.3) is 0 Å².